The largest absolute Gasteiger partial charge is 0.465 e. The summed E-state index contributed by atoms with van der Waals surface area (Å²) in [5.41, 5.74) is 0. The zero-order valence-electron chi connectivity index (χ0n) is 13.7. The highest BCUT2D eigenvalue weighted by atomic mass is 35.5. The number of carbonyl (C=O) groups is 1. The van der Waals surface area contributed by atoms with Gasteiger partial charge in [0.25, 0.3) is 0 Å². The zero-order chi connectivity index (χ0) is 18.5. The molecular weight excluding hydrogens is 378 g/mol. The molecule has 1 rings (SSSR count). The van der Waals surface area contributed by atoms with Crippen molar-refractivity contribution in [2.45, 2.75) is 30.1 Å². The fraction of sp³-hybridized carbons (Fsp3) is 0.500. The summed E-state index contributed by atoms with van der Waals surface area (Å²) >= 11 is 5.96. The van der Waals surface area contributed by atoms with Crippen molar-refractivity contribution < 1.29 is 26.4 Å². The maximum absolute atomic E-state index is 12.8. The van der Waals surface area contributed by atoms with Gasteiger partial charge in [-0.05, 0) is 31.5 Å². The van der Waals surface area contributed by atoms with Gasteiger partial charge in [0.2, 0.25) is 10.0 Å². The van der Waals surface area contributed by atoms with Crippen molar-refractivity contribution in [3.63, 3.8) is 0 Å². The molecule has 0 aliphatic carbocycles. The van der Waals surface area contributed by atoms with Gasteiger partial charge in [-0.3, -0.25) is 4.79 Å². The summed E-state index contributed by atoms with van der Waals surface area (Å²) < 4.78 is 54.6. The fourth-order valence-electron chi connectivity index (χ4n) is 1.94. The van der Waals surface area contributed by atoms with E-state index in [1.54, 1.807) is 13.8 Å². The van der Waals surface area contributed by atoms with Gasteiger partial charge >= 0.3 is 5.97 Å². The molecule has 0 saturated heterocycles. The Labute approximate surface area is 147 Å². The van der Waals surface area contributed by atoms with E-state index in [1.807, 2.05) is 0 Å². The van der Waals surface area contributed by atoms with Crippen LogP contribution < -0.4 is 0 Å². The van der Waals surface area contributed by atoms with Gasteiger partial charge in [0.05, 0.1) is 16.5 Å². The predicted octanol–water partition coefficient (Wildman–Crippen LogP) is 1.71. The topological polar surface area (TPSA) is 97.8 Å². The molecule has 0 aromatic heterocycles. The van der Waals surface area contributed by atoms with E-state index in [2.05, 4.69) is 0 Å². The summed E-state index contributed by atoms with van der Waals surface area (Å²) in [5.74, 6) is -0.690. The Kier molecular flexibility index (Phi) is 7.21. The first-order chi connectivity index (χ1) is 11.0. The van der Waals surface area contributed by atoms with Gasteiger partial charge in [0.1, 0.15) is 11.4 Å². The molecule has 1 aromatic carbocycles. The van der Waals surface area contributed by atoms with Crippen LogP contribution in [-0.4, -0.2) is 53.1 Å². The van der Waals surface area contributed by atoms with E-state index >= 15 is 0 Å². The van der Waals surface area contributed by atoms with Crippen molar-refractivity contribution in [3.8, 4) is 0 Å². The third-order valence-electron chi connectivity index (χ3n) is 3.03. The van der Waals surface area contributed by atoms with E-state index in [-0.39, 0.29) is 28.0 Å². The van der Waals surface area contributed by atoms with Gasteiger partial charge in [0.15, 0.2) is 9.84 Å². The molecule has 0 atom stereocenters. The van der Waals surface area contributed by atoms with E-state index in [0.717, 1.165) is 16.6 Å². The second-order valence-corrected chi connectivity index (χ2v) is 9.34. The number of benzene rings is 1. The van der Waals surface area contributed by atoms with Gasteiger partial charge in [-0.15, -0.1) is 0 Å². The third-order valence-corrected chi connectivity index (χ3v) is 6.47. The molecule has 136 valence electrons. The van der Waals surface area contributed by atoms with Crippen molar-refractivity contribution in [2.24, 2.45) is 0 Å². The molecule has 0 bridgehead atoms. The first-order valence-electron chi connectivity index (χ1n) is 7.19. The number of sulfone groups is 1. The highest BCUT2D eigenvalue weighted by Crippen LogP contribution is 2.27. The second kappa shape index (κ2) is 8.28. The number of sulfonamides is 1. The maximum Gasteiger partial charge on any atom is 0.321 e. The van der Waals surface area contributed by atoms with Crippen LogP contribution in [0.4, 0.5) is 0 Å². The van der Waals surface area contributed by atoms with Crippen LogP contribution >= 0.6 is 11.6 Å². The molecule has 0 saturated carbocycles. The first-order valence-corrected chi connectivity index (χ1v) is 10.9. The summed E-state index contributed by atoms with van der Waals surface area (Å²) in [4.78, 5) is 11.1. The lowest BCUT2D eigenvalue weighted by atomic mass is 10.4. The van der Waals surface area contributed by atoms with Gasteiger partial charge in [-0.2, -0.15) is 4.31 Å². The van der Waals surface area contributed by atoms with Gasteiger partial charge in [-0.1, -0.05) is 18.5 Å². The number of esters is 1. The highest BCUT2D eigenvalue weighted by Gasteiger charge is 2.29. The SMILES string of the molecule is CCCN(CC(=O)OCC)S(=O)(=O)c1cc(S(C)(=O)=O)ccc1Cl. The Morgan fingerprint density at radius 3 is 2.33 bits per heavy atom. The van der Waals surface area contributed by atoms with Crippen LogP contribution in [0.2, 0.25) is 5.02 Å². The molecule has 24 heavy (non-hydrogen) atoms. The lowest BCUT2D eigenvalue weighted by Gasteiger charge is -2.21. The summed E-state index contributed by atoms with van der Waals surface area (Å²) in [6.07, 6.45) is 1.43. The molecule has 1 aromatic rings. The molecule has 10 heteroatoms. The number of halogens is 1. The summed E-state index contributed by atoms with van der Waals surface area (Å²) in [6, 6.07) is 3.44. The Hall–Kier alpha value is -1.16. The molecule has 0 spiro atoms. The van der Waals surface area contributed by atoms with Crippen LogP contribution in [0.15, 0.2) is 28.0 Å². The van der Waals surface area contributed by atoms with Crippen molar-refractivity contribution in [3.05, 3.63) is 23.2 Å². The first kappa shape index (κ1) is 20.9. The molecule has 0 aliphatic heterocycles. The van der Waals surface area contributed by atoms with E-state index < -0.39 is 32.4 Å². The molecule has 0 aliphatic rings. The number of hydrogen-bond acceptors (Lipinski definition) is 6. The Bertz CT molecular complexity index is 805. The normalized spacial score (nSPS) is 12.4. The van der Waals surface area contributed by atoms with Crippen molar-refractivity contribution >= 4 is 37.4 Å². The minimum Gasteiger partial charge on any atom is -0.465 e. The second-order valence-electron chi connectivity index (χ2n) is 5.01. The van der Waals surface area contributed by atoms with Gasteiger partial charge in [-0.25, -0.2) is 16.8 Å². The van der Waals surface area contributed by atoms with Crippen molar-refractivity contribution in [1.82, 2.24) is 4.31 Å². The molecule has 0 fully saturated rings. The standard InChI is InChI=1S/C14H20ClNO6S2/c1-4-8-16(10-14(17)22-5-2)24(20,21)13-9-11(23(3,18)19)6-7-12(13)15/h6-7,9H,4-5,8,10H2,1-3H3. The maximum atomic E-state index is 12.8. The number of hydrogen-bond donors (Lipinski definition) is 0. The zero-order valence-corrected chi connectivity index (χ0v) is 16.0. The lowest BCUT2D eigenvalue weighted by molar-refractivity contribution is -0.143. The van der Waals surface area contributed by atoms with Gasteiger partial charge < -0.3 is 4.74 Å². The van der Waals surface area contributed by atoms with Crippen LogP contribution in [-0.2, 0) is 29.4 Å². The van der Waals surface area contributed by atoms with Crippen LogP contribution in [0.1, 0.15) is 20.3 Å². The van der Waals surface area contributed by atoms with E-state index in [4.69, 9.17) is 16.3 Å². The summed E-state index contributed by atoms with van der Waals surface area (Å²) in [5, 5.41) is -0.118. The number of rotatable bonds is 8. The Morgan fingerprint density at radius 1 is 1.21 bits per heavy atom. The van der Waals surface area contributed by atoms with Crippen LogP contribution in [0, 0.1) is 0 Å². The monoisotopic (exact) mass is 397 g/mol. The molecule has 7 nitrogen and oxygen atoms in total. The van der Waals surface area contributed by atoms with E-state index in [9.17, 15) is 21.6 Å². The fourth-order valence-corrected chi connectivity index (χ4v) is 4.63. The molecule has 0 radical (unpaired) electrons. The average molecular weight is 398 g/mol. The number of nitrogens with zero attached hydrogens (tertiary/aromatic N) is 1. The summed E-state index contributed by atoms with van der Waals surface area (Å²) in [6.45, 7) is 3.10. The smallest absolute Gasteiger partial charge is 0.321 e. The average Bonchev–Trinajstić information content (AvgIpc) is 2.46. The Balaban J connectivity index is 3.36. The lowest BCUT2D eigenvalue weighted by Crippen LogP contribution is -2.37. The Morgan fingerprint density at radius 2 is 1.83 bits per heavy atom. The van der Waals surface area contributed by atoms with Crippen LogP contribution in [0.25, 0.3) is 0 Å². The summed E-state index contributed by atoms with van der Waals surface area (Å²) in [7, 11) is -7.76. The highest BCUT2D eigenvalue weighted by molar-refractivity contribution is 7.91. The molecule has 0 unspecified atom stereocenters. The minimum absolute atomic E-state index is 0.0700. The van der Waals surface area contributed by atoms with Crippen molar-refractivity contribution in [1.29, 1.82) is 0 Å². The molecular formula is C14H20ClNO6S2. The molecule has 0 heterocycles. The van der Waals surface area contributed by atoms with E-state index in [0.29, 0.717) is 6.42 Å². The van der Waals surface area contributed by atoms with Crippen LogP contribution in [0.3, 0.4) is 0 Å². The molecule has 0 amide bonds. The quantitative estimate of drug-likeness (QED) is 0.619. The number of carbonyl (C=O) groups excluding carboxylic acids is 1. The molecule has 0 N–H and O–H groups in total. The van der Waals surface area contributed by atoms with E-state index in [1.165, 1.54) is 12.1 Å². The van der Waals surface area contributed by atoms with Crippen LogP contribution in [0.5, 0.6) is 0 Å². The third kappa shape index (κ3) is 5.17. The van der Waals surface area contributed by atoms with Crippen molar-refractivity contribution in [2.75, 3.05) is 26.0 Å². The van der Waals surface area contributed by atoms with Gasteiger partial charge in [0, 0.05) is 12.8 Å². The number of ether oxygens (including phenoxy) is 1. The minimum atomic E-state index is -4.15. The predicted molar refractivity (Wildman–Crippen MR) is 90.2 cm³/mol.